The van der Waals surface area contributed by atoms with Crippen molar-refractivity contribution in [3.05, 3.63) is 77.1 Å². The van der Waals surface area contributed by atoms with Gasteiger partial charge in [0.05, 0.1) is 19.2 Å². The highest BCUT2D eigenvalue weighted by atomic mass is 16.5. The Kier molecular flexibility index (Phi) is 3.78. The number of rotatable bonds is 4. The van der Waals surface area contributed by atoms with Gasteiger partial charge in [0, 0.05) is 29.7 Å². The van der Waals surface area contributed by atoms with Gasteiger partial charge in [0.1, 0.15) is 5.75 Å². The Morgan fingerprint density at radius 3 is 2.84 bits per heavy atom. The SMILES string of the molecule is COc1cccc(Cn2c(=O)[nH]c3ncc(-c4cccnc4)cc32)c1. The van der Waals surface area contributed by atoms with Crippen LogP contribution in [0.3, 0.4) is 0 Å². The number of ether oxygens (including phenoxy) is 1. The topological polar surface area (TPSA) is 72.8 Å². The van der Waals surface area contributed by atoms with Crippen LogP contribution in [0, 0.1) is 0 Å². The predicted octanol–water partition coefficient (Wildman–Crippen LogP) is 2.84. The van der Waals surface area contributed by atoms with Crippen LogP contribution in [0.4, 0.5) is 0 Å². The van der Waals surface area contributed by atoms with Crippen LogP contribution < -0.4 is 10.4 Å². The van der Waals surface area contributed by atoms with E-state index in [2.05, 4.69) is 15.0 Å². The van der Waals surface area contributed by atoms with Gasteiger partial charge in [-0.15, -0.1) is 0 Å². The molecule has 124 valence electrons. The summed E-state index contributed by atoms with van der Waals surface area (Å²) in [6.07, 6.45) is 5.25. The van der Waals surface area contributed by atoms with E-state index in [9.17, 15) is 4.79 Å². The lowest BCUT2D eigenvalue weighted by Crippen LogP contribution is -2.17. The van der Waals surface area contributed by atoms with E-state index in [0.717, 1.165) is 28.0 Å². The third kappa shape index (κ3) is 2.89. The molecule has 0 unspecified atom stereocenters. The van der Waals surface area contributed by atoms with Gasteiger partial charge in [0.25, 0.3) is 0 Å². The lowest BCUT2D eigenvalue weighted by molar-refractivity contribution is 0.414. The molecule has 3 aromatic heterocycles. The third-order valence-electron chi connectivity index (χ3n) is 4.10. The molecule has 6 heteroatoms. The first-order valence-electron chi connectivity index (χ1n) is 7.86. The predicted molar refractivity (Wildman–Crippen MR) is 95.7 cm³/mol. The van der Waals surface area contributed by atoms with Crippen molar-refractivity contribution in [1.82, 2.24) is 19.5 Å². The van der Waals surface area contributed by atoms with E-state index in [1.807, 2.05) is 42.5 Å². The van der Waals surface area contributed by atoms with Gasteiger partial charge in [-0.1, -0.05) is 18.2 Å². The van der Waals surface area contributed by atoms with Gasteiger partial charge in [0.15, 0.2) is 5.65 Å². The van der Waals surface area contributed by atoms with Gasteiger partial charge in [-0.25, -0.2) is 9.78 Å². The summed E-state index contributed by atoms with van der Waals surface area (Å²) >= 11 is 0. The number of H-pyrrole nitrogens is 1. The molecule has 0 saturated heterocycles. The molecule has 25 heavy (non-hydrogen) atoms. The van der Waals surface area contributed by atoms with Crippen LogP contribution in [0.1, 0.15) is 5.56 Å². The molecule has 0 saturated carbocycles. The third-order valence-corrected chi connectivity index (χ3v) is 4.10. The van der Waals surface area contributed by atoms with Crippen molar-refractivity contribution < 1.29 is 4.74 Å². The van der Waals surface area contributed by atoms with Crippen LogP contribution in [0.5, 0.6) is 5.75 Å². The molecule has 3 heterocycles. The minimum atomic E-state index is -0.186. The van der Waals surface area contributed by atoms with E-state index in [-0.39, 0.29) is 5.69 Å². The second-order valence-corrected chi connectivity index (χ2v) is 5.70. The molecule has 0 amide bonds. The summed E-state index contributed by atoms with van der Waals surface area (Å²) in [6, 6.07) is 13.5. The molecule has 0 radical (unpaired) electrons. The van der Waals surface area contributed by atoms with E-state index in [1.54, 1.807) is 30.3 Å². The number of aromatic amines is 1. The summed E-state index contributed by atoms with van der Waals surface area (Å²) in [5.74, 6) is 0.763. The summed E-state index contributed by atoms with van der Waals surface area (Å²) < 4.78 is 6.93. The minimum absolute atomic E-state index is 0.186. The molecular weight excluding hydrogens is 316 g/mol. The molecule has 0 atom stereocenters. The lowest BCUT2D eigenvalue weighted by atomic mass is 10.1. The Balaban J connectivity index is 1.80. The monoisotopic (exact) mass is 332 g/mol. The van der Waals surface area contributed by atoms with Crippen molar-refractivity contribution in [3.8, 4) is 16.9 Å². The number of hydrogen-bond donors (Lipinski definition) is 1. The Morgan fingerprint density at radius 1 is 1.12 bits per heavy atom. The van der Waals surface area contributed by atoms with Crippen molar-refractivity contribution in [3.63, 3.8) is 0 Å². The molecule has 0 fully saturated rings. The highest BCUT2D eigenvalue weighted by Gasteiger charge is 2.10. The summed E-state index contributed by atoms with van der Waals surface area (Å²) in [4.78, 5) is 23.7. The van der Waals surface area contributed by atoms with E-state index in [4.69, 9.17) is 4.74 Å². The number of nitrogens with zero attached hydrogens (tertiary/aromatic N) is 3. The fourth-order valence-electron chi connectivity index (χ4n) is 2.84. The van der Waals surface area contributed by atoms with E-state index >= 15 is 0 Å². The number of fused-ring (bicyclic) bond motifs is 1. The molecule has 6 nitrogen and oxygen atoms in total. The number of methoxy groups -OCH3 is 1. The first-order valence-corrected chi connectivity index (χ1v) is 7.86. The normalized spacial score (nSPS) is 10.9. The standard InChI is InChI=1S/C19H16N4O2/c1-25-16-6-2-4-13(8-16)12-23-17-9-15(14-5-3-7-20-10-14)11-21-18(17)22-19(23)24/h2-11H,12H2,1H3,(H,21,22,24). The molecule has 0 bridgehead atoms. The Hall–Kier alpha value is -3.41. The van der Waals surface area contributed by atoms with E-state index in [0.29, 0.717) is 12.2 Å². The van der Waals surface area contributed by atoms with Crippen LogP contribution >= 0.6 is 0 Å². The average molecular weight is 332 g/mol. The summed E-state index contributed by atoms with van der Waals surface area (Å²) in [7, 11) is 1.63. The van der Waals surface area contributed by atoms with Crippen molar-refractivity contribution in [1.29, 1.82) is 0 Å². The quantitative estimate of drug-likeness (QED) is 0.624. The van der Waals surface area contributed by atoms with Gasteiger partial charge < -0.3 is 4.74 Å². The molecule has 0 spiro atoms. The molecule has 1 N–H and O–H groups in total. The fraction of sp³-hybridized carbons (Fsp3) is 0.105. The maximum atomic E-state index is 12.4. The number of benzene rings is 1. The largest absolute Gasteiger partial charge is 0.497 e. The highest BCUT2D eigenvalue weighted by Crippen LogP contribution is 2.21. The van der Waals surface area contributed by atoms with Gasteiger partial charge in [-0.05, 0) is 29.8 Å². The summed E-state index contributed by atoms with van der Waals surface area (Å²) in [6.45, 7) is 0.439. The molecular formula is C19H16N4O2. The molecule has 0 aliphatic carbocycles. The number of imidazole rings is 1. The molecule has 4 rings (SSSR count). The zero-order valence-electron chi connectivity index (χ0n) is 13.6. The highest BCUT2D eigenvalue weighted by molar-refractivity contribution is 5.78. The number of aromatic nitrogens is 4. The maximum Gasteiger partial charge on any atom is 0.327 e. The van der Waals surface area contributed by atoms with Gasteiger partial charge >= 0.3 is 5.69 Å². The maximum absolute atomic E-state index is 12.4. The van der Waals surface area contributed by atoms with Crippen molar-refractivity contribution in [2.45, 2.75) is 6.54 Å². The Bertz CT molecular complexity index is 1080. The smallest absolute Gasteiger partial charge is 0.327 e. The number of nitrogens with one attached hydrogen (secondary N) is 1. The number of pyridine rings is 2. The molecule has 0 aliphatic rings. The van der Waals surface area contributed by atoms with E-state index in [1.165, 1.54) is 0 Å². The molecule has 0 aliphatic heterocycles. The Morgan fingerprint density at radius 2 is 2.04 bits per heavy atom. The van der Waals surface area contributed by atoms with Gasteiger partial charge in [-0.2, -0.15) is 0 Å². The van der Waals surface area contributed by atoms with Crippen LogP contribution in [0.2, 0.25) is 0 Å². The van der Waals surface area contributed by atoms with Crippen LogP contribution in [-0.2, 0) is 6.54 Å². The zero-order valence-corrected chi connectivity index (χ0v) is 13.6. The van der Waals surface area contributed by atoms with Gasteiger partial charge in [-0.3, -0.25) is 14.5 Å². The van der Waals surface area contributed by atoms with Crippen molar-refractivity contribution in [2.75, 3.05) is 7.11 Å². The Labute approximate surface area is 143 Å². The fourth-order valence-corrected chi connectivity index (χ4v) is 2.84. The van der Waals surface area contributed by atoms with Gasteiger partial charge in [0.2, 0.25) is 0 Å². The summed E-state index contributed by atoms with van der Waals surface area (Å²) in [5, 5.41) is 0. The molecule has 4 aromatic rings. The molecule has 1 aromatic carbocycles. The van der Waals surface area contributed by atoms with Crippen molar-refractivity contribution in [2.24, 2.45) is 0 Å². The van der Waals surface area contributed by atoms with Crippen LogP contribution in [-0.4, -0.2) is 26.6 Å². The van der Waals surface area contributed by atoms with Crippen LogP contribution in [0.15, 0.2) is 65.8 Å². The zero-order chi connectivity index (χ0) is 17.2. The van der Waals surface area contributed by atoms with E-state index < -0.39 is 0 Å². The second-order valence-electron chi connectivity index (χ2n) is 5.70. The van der Waals surface area contributed by atoms with Crippen molar-refractivity contribution >= 4 is 11.2 Å². The second kappa shape index (κ2) is 6.24. The minimum Gasteiger partial charge on any atom is -0.497 e. The first-order chi connectivity index (χ1) is 12.2. The average Bonchev–Trinajstić information content (AvgIpc) is 2.97. The summed E-state index contributed by atoms with van der Waals surface area (Å²) in [5.41, 5.74) is 4.00. The number of hydrogen-bond acceptors (Lipinski definition) is 4. The first kappa shape index (κ1) is 15.1. The van der Waals surface area contributed by atoms with Crippen LogP contribution in [0.25, 0.3) is 22.3 Å². The lowest BCUT2D eigenvalue weighted by Gasteiger charge is -2.07.